The van der Waals surface area contributed by atoms with Gasteiger partial charge >= 0.3 is 0 Å². The Morgan fingerprint density at radius 1 is 1.17 bits per heavy atom. The molecular formula is C17H20N4O2S. The lowest BCUT2D eigenvalue weighted by atomic mass is 10.0. The second-order valence-corrected chi connectivity index (χ2v) is 7.82. The maximum absolute atomic E-state index is 12.5. The normalized spacial score (nSPS) is 12.0. The third kappa shape index (κ3) is 2.99. The van der Waals surface area contributed by atoms with E-state index >= 15 is 0 Å². The number of aromatic nitrogens is 3. The van der Waals surface area contributed by atoms with Gasteiger partial charge in [-0.2, -0.15) is 5.10 Å². The number of nitrogens with one attached hydrogen (secondary N) is 1. The average molecular weight is 344 g/mol. The zero-order valence-electron chi connectivity index (χ0n) is 14.1. The molecular weight excluding hydrogens is 324 g/mol. The van der Waals surface area contributed by atoms with Gasteiger partial charge in [-0.1, -0.05) is 26.0 Å². The van der Waals surface area contributed by atoms with Crippen LogP contribution in [0.15, 0.2) is 41.4 Å². The molecule has 3 rings (SSSR count). The first kappa shape index (κ1) is 16.4. The standard InChI is InChI=1S/C17H20N4O2S/c1-11(2)13-5-7-15(8-6-13)24(22,23)20-14-9-16-12(3)19-21(4)17(16)18-10-14/h5-11,20H,1-4H3. The lowest BCUT2D eigenvalue weighted by Gasteiger charge is -2.10. The van der Waals surface area contributed by atoms with Crippen LogP contribution >= 0.6 is 0 Å². The van der Waals surface area contributed by atoms with Crippen LogP contribution in [-0.4, -0.2) is 23.2 Å². The van der Waals surface area contributed by atoms with E-state index < -0.39 is 10.0 Å². The van der Waals surface area contributed by atoms with E-state index in [0.717, 1.165) is 22.3 Å². The Morgan fingerprint density at radius 3 is 2.46 bits per heavy atom. The summed E-state index contributed by atoms with van der Waals surface area (Å²) in [6, 6.07) is 8.68. The van der Waals surface area contributed by atoms with Gasteiger partial charge in [0.25, 0.3) is 10.0 Å². The van der Waals surface area contributed by atoms with E-state index in [1.807, 2.05) is 26.1 Å². The van der Waals surface area contributed by atoms with Crippen LogP contribution in [0.25, 0.3) is 11.0 Å². The lowest BCUT2D eigenvalue weighted by Crippen LogP contribution is -2.13. The topological polar surface area (TPSA) is 76.9 Å². The van der Waals surface area contributed by atoms with Crippen molar-refractivity contribution in [2.24, 2.45) is 7.05 Å². The minimum atomic E-state index is -3.65. The molecule has 0 aliphatic carbocycles. The Kier molecular flexibility index (Phi) is 4.04. The highest BCUT2D eigenvalue weighted by Crippen LogP contribution is 2.23. The molecule has 1 aromatic carbocycles. The lowest BCUT2D eigenvalue weighted by molar-refractivity contribution is 0.601. The third-order valence-electron chi connectivity index (χ3n) is 3.97. The summed E-state index contributed by atoms with van der Waals surface area (Å²) >= 11 is 0. The van der Waals surface area contributed by atoms with Crippen molar-refractivity contribution >= 4 is 26.7 Å². The van der Waals surface area contributed by atoms with Gasteiger partial charge in [-0.15, -0.1) is 0 Å². The molecule has 7 heteroatoms. The molecule has 2 aromatic heterocycles. The van der Waals surface area contributed by atoms with Crippen molar-refractivity contribution in [2.45, 2.75) is 31.6 Å². The number of fused-ring (bicyclic) bond motifs is 1. The van der Waals surface area contributed by atoms with Crippen LogP contribution in [0.4, 0.5) is 5.69 Å². The smallest absolute Gasteiger partial charge is 0.261 e. The van der Waals surface area contributed by atoms with Crippen molar-refractivity contribution in [3.63, 3.8) is 0 Å². The SMILES string of the molecule is Cc1nn(C)c2ncc(NS(=O)(=O)c3ccc(C(C)C)cc3)cc12. The number of hydrogen-bond acceptors (Lipinski definition) is 4. The van der Waals surface area contributed by atoms with Gasteiger partial charge in [-0.3, -0.25) is 9.40 Å². The van der Waals surface area contributed by atoms with Crippen LogP contribution < -0.4 is 4.72 Å². The number of sulfonamides is 1. The molecule has 0 atom stereocenters. The fourth-order valence-electron chi connectivity index (χ4n) is 2.61. The molecule has 126 valence electrons. The molecule has 0 bridgehead atoms. The Balaban J connectivity index is 1.92. The van der Waals surface area contributed by atoms with E-state index in [1.54, 1.807) is 22.9 Å². The highest BCUT2D eigenvalue weighted by Gasteiger charge is 2.16. The first-order chi connectivity index (χ1) is 11.3. The summed E-state index contributed by atoms with van der Waals surface area (Å²) in [5, 5.41) is 5.12. The van der Waals surface area contributed by atoms with E-state index in [9.17, 15) is 8.42 Å². The Bertz CT molecular complexity index is 989. The van der Waals surface area contributed by atoms with E-state index in [1.165, 1.54) is 6.20 Å². The highest BCUT2D eigenvalue weighted by molar-refractivity contribution is 7.92. The maximum Gasteiger partial charge on any atom is 0.261 e. The molecule has 24 heavy (non-hydrogen) atoms. The average Bonchev–Trinajstić information content (AvgIpc) is 2.81. The van der Waals surface area contributed by atoms with Crippen molar-refractivity contribution in [1.82, 2.24) is 14.8 Å². The van der Waals surface area contributed by atoms with Crippen molar-refractivity contribution in [2.75, 3.05) is 4.72 Å². The van der Waals surface area contributed by atoms with E-state index in [4.69, 9.17) is 0 Å². The number of anilines is 1. The van der Waals surface area contributed by atoms with Crippen LogP contribution in [0.3, 0.4) is 0 Å². The molecule has 0 saturated heterocycles. The molecule has 0 unspecified atom stereocenters. The number of rotatable bonds is 4. The summed E-state index contributed by atoms with van der Waals surface area (Å²) < 4.78 is 29.4. The summed E-state index contributed by atoms with van der Waals surface area (Å²) in [5.74, 6) is 0.356. The summed E-state index contributed by atoms with van der Waals surface area (Å²) in [6.45, 7) is 6.00. The molecule has 1 N–H and O–H groups in total. The van der Waals surface area contributed by atoms with Crippen LogP contribution in [-0.2, 0) is 17.1 Å². The number of pyridine rings is 1. The monoisotopic (exact) mass is 344 g/mol. The Hall–Kier alpha value is -2.41. The number of nitrogens with zero attached hydrogens (tertiary/aromatic N) is 3. The predicted molar refractivity (Wildman–Crippen MR) is 94.6 cm³/mol. The molecule has 0 saturated carbocycles. The Morgan fingerprint density at radius 2 is 1.83 bits per heavy atom. The largest absolute Gasteiger partial charge is 0.278 e. The summed E-state index contributed by atoms with van der Waals surface area (Å²) in [4.78, 5) is 4.52. The zero-order chi connectivity index (χ0) is 17.5. The molecule has 0 amide bonds. The van der Waals surface area contributed by atoms with Crippen LogP contribution in [0.1, 0.15) is 31.0 Å². The number of aryl methyl sites for hydroxylation is 2. The highest BCUT2D eigenvalue weighted by atomic mass is 32.2. The molecule has 0 radical (unpaired) electrons. The first-order valence-corrected chi connectivity index (χ1v) is 9.18. The molecule has 6 nitrogen and oxygen atoms in total. The van der Waals surface area contributed by atoms with Gasteiger partial charge in [0.1, 0.15) is 0 Å². The van der Waals surface area contributed by atoms with Crippen LogP contribution in [0, 0.1) is 6.92 Å². The second kappa shape index (κ2) is 5.90. The van der Waals surface area contributed by atoms with Gasteiger partial charge in [-0.25, -0.2) is 13.4 Å². The summed E-state index contributed by atoms with van der Waals surface area (Å²) in [6.07, 6.45) is 1.50. The van der Waals surface area contributed by atoms with Crippen LogP contribution in [0.2, 0.25) is 0 Å². The maximum atomic E-state index is 12.5. The fourth-order valence-corrected chi connectivity index (χ4v) is 3.64. The molecule has 2 heterocycles. The van der Waals surface area contributed by atoms with Crippen molar-refractivity contribution < 1.29 is 8.42 Å². The number of benzene rings is 1. The van der Waals surface area contributed by atoms with E-state index in [-0.39, 0.29) is 4.90 Å². The summed E-state index contributed by atoms with van der Waals surface area (Å²) in [7, 11) is -1.84. The second-order valence-electron chi connectivity index (χ2n) is 6.13. The zero-order valence-corrected chi connectivity index (χ0v) is 14.9. The van der Waals surface area contributed by atoms with Gasteiger partial charge in [0, 0.05) is 12.4 Å². The first-order valence-electron chi connectivity index (χ1n) is 7.70. The van der Waals surface area contributed by atoms with Gasteiger partial charge in [-0.05, 0) is 36.6 Å². The van der Waals surface area contributed by atoms with E-state index in [2.05, 4.69) is 28.7 Å². The minimum absolute atomic E-state index is 0.231. The quantitative estimate of drug-likeness (QED) is 0.788. The van der Waals surface area contributed by atoms with E-state index in [0.29, 0.717) is 11.6 Å². The fraction of sp³-hybridized carbons (Fsp3) is 0.294. The van der Waals surface area contributed by atoms with Gasteiger partial charge in [0.15, 0.2) is 5.65 Å². The van der Waals surface area contributed by atoms with Crippen molar-refractivity contribution in [1.29, 1.82) is 0 Å². The molecule has 0 aliphatic heterocycles. The molecule has 0 aliphatic rings. The third-order valence-corrected chi connectivity index (χ3v) is 5.37. The molecule has 3 aromatic rings. The summed E-state index contributed by atoms with van der Waals surface area (Å²) in [5.41, 5.74) is 3.05. The van der Waals surface area contributed by atoms with Gasteiger partial charge in [0.05, 0.1) is 22.5 Å². The minimum Gasteiger partial charge on any atom is -0.278 e. The predicted octanol–water partition coefficient (Wildman–Crippen LogP) is 3.20. The molecule has 0 spiro atoms. The molecule has 0 fully saturated rings. The van der Waals surface area contributed by atoms with Gasteiger partial charge in [0.2, 0.25) is 0 Å². The van der Waals surface area contributed by atoms with Crippen molar-refractivity contribution in [3.05, 3.63) is 47.8 Å². The van der Waals surface area contributed by atoms with Gasteiger partial charge < -0.3 is 0 Å². The Labute approximate surface area is 141 Å². The number of hydrogen-bond donors (Lipinski definition) is 1. The van der Waals surface area contributed by atoms with Crippen LogP contribution in [0.5, 0.6) is 0 Å². The van der Waals surface area contributed by atoms with Crippen molar-refractivity contribution in [3.8, 4) is 0 Å².